The van der Waals surface area contributed by atoms with Crippen molar-refractivity contribution in [3.8, 4) is 0 Å². The molecular formula is C8H14N2S. The summed E-state index contributed by atoms with van der Waals surface area (Å²) in [6, 6.07) is 0. The molecule has 3 heteroatoms. The lowest BCUT2D eigenvalue weighted by atomic mass is 10.2. The van der Waals surface area contributed by atoms with Crippen LogP contribution in [0.4, 0.5) is 0 Å². The van der Waals surface area contributed by atoms with Crippen LogP contribution in [0.3, 0.4) is 0 Å². The summed E-state index contributed by atoms with van der Waals surface area (Å²) >= 11 is 4.75. The van der Waals surface area contributed by atoms with Gasteiger partial charge in [0.25, 0.3) is 0 Å². The average molecular weight is 170 g/mol. The van der Waals surface area contributed by atoms with Crippen LogP contribution in [0.5, 0.6) is 0 Å². The van der Waals surface area contributed by atoms with E-state index in [1.54, 1.807) is 0 Å². The molecule has 0 fully saturated rings. The van der Waals surface area contributed by atoms with Gasteiger partial charge < -0.3 is 11.1 Å². The predicted molar refractivity (Wildman–Crippen MR) is 53.4 cm³/mol. The van der Waals surface area contributed by atoms with Crippen LogP contribution in [-0.4, -0.2) is 11.5 Å². The Balaban J connectivity index is 0.000000461. The van der Waals surface area contributed by atoms with Crippen LogP contribution in [0.15, 0.2) is 23.9 Å². The van der Waals surface area contributed by atoms with Gasteiger partial charge in [-0.05, 0) is 12.3 Å². The maximum Gasteiger partial charge on any atom is 0.101 e. The minimum absolute atomic E-state index is 0.479. The molecule has 0 saturated heterocycles. The highest BCUT2D eigenvalue weighted by molar-refractivity contribution is 7.80. The molecule has 0 unspecified atom stereocenters. The van der Waals surface area contributed by atoms with E-state index in [1.807, 2.05) is 32.2 Å². The molecule has 0 radical (unpaired) electrons. The number of hydrogen-bond donors (Lipinski definition) is 2. The Morgan fingerprint density at radius 2 is 2.27 bits per heavy atom. The van der Waals surface area contributed by atoms with Crippen LogP contribution in [0.2, 0.25) is 0 Å². The van der Waals surface area contributed by atoms with E-state index in [-0.39, 0.29) is 0 Å². The third-order valence-electron chi connectivity index (χ3n) is 1.12. The predicted octanol–water partition coefficient (Wildman–Crippen LogP) is 1.34. The van der Waals surface area contributed by atoms with Gasteiger partial charge in [-0.2, -0.15) is 0 Å². The molecule has 3 N–H and O–H groups in total. The molecule has 11 heavy (non-hydrogen) atoms. The van der Waals surface area contributed by atoms with Crippen molar-refractivity contribution >= 4 is 17.2 Å². The monoisotopic (exact) mass is 170 g/mol. The van der Waals surface area contributed by atoms with Crippen molar-refractivity contribution in [2.45, 2.75) is 13.8 Å². The van der Waals surface area contributed by atoms with Crippen LogP contribution in [0, 0.1) is 0 Å². The molecule has 1 aliphatic heterocycles. The van der Waals surface area contributed by atoms with Gasteiger partial charge in [0.05, 0.1) is 0 Å². The highest BCUT2D eigenvalue weighted by Crippen LogP contribution is 1.97. The van der Waals surface area contributed by atoms with E-state index in [2.05, 4.69) is 5.32 Å². The highest BCUT2D eigenvalue weighted by atomic mass is 32.1. The minimum atomic E-state index is 0.479. The van der Waals surface area contributed by atoms with Crippen molar-refractivity contribution in [2.75, 3.05) is 6.54 Å². The zero-order chi connectivity index (χ0) is 8.69. The minimum Gasteiger partial charge on any atom is -0.390 e. The van der Waals surface area contributed by atoms with E-state index in [0.717, 1.165) is 12.1 Å². The van der Waals surface area contributed by atoms with Gasteiger partial charge in [0.1, 0.15) is 4.99 Å². The molecule has 2 nitrogen and oxygen atoms in total. The Hall–Kier alpha value is -0.830. The number of dihydropyridines is 1. The largest absolute Gasteiger partial charge is 0.390 e. The lowest BCUT2D eigenvalue weighted by Crippen LogP contribution is -2.22. The van der Waals surface area contributed by atoms with Gasteiger partial charge in [-0.15, -0.1) is 0 Å². The lowest BCUT2D eigenvalue weighted by Gasteiger charge is -2.07. The molecule has 62 valence electrons. The van der Waals surface area contributed by atoms with Crippen LogP contribution in [0.25, 0.3) is 0 Å². The number of rotatable bonds is 1. The van der Waals surface area contributed by atoms with E-state index >= 15 is 0 Å². The number of hydrogen-bond acceptors (Lipinski definition) is 2. The maximum absolute atomic E-state index is 5.36. The molecule has 0 atom stereocenters. The van der Waals surface area contributed by atoms with Gasteiger partial charge in [-0.1, -0.05) is 32.1 Å². The van der Waals surface area contributed by atoms with Crippen LogP contribution in [0.1, 0.15) is 13.8 Å². The van der Waals surface area contributed by atoms with Gasteiger partial charge in [0, 0.05) is 12.1 Å². The topological polar surface area (TPSA) is 38.0 Å². The Kier molecular flexibility index (Phi) is 5.47. The molecule has 0 bridgehead atoms. The van der Waals surface area contributed by atoms with Crippen molar-refractivity contribution in [3.63, 3.8) is 0 Å². The second-order valence-electron chi connectivity index (χ2n) is 1.80. The van der Waals surface area contributed by atoms with Gasteiger partial charge in [-0.25, -0.2) is 0 Å². The zero-order valence-electron chi connectivity index (χ0n) is 6.92. The first kappa shape index (κ1) is 10.2. The molecule has 1 rings (SSSR count). The van der Waals surface area contributed by atoms with Gasteiger partial charge >= 0.3 is 0 Å². The number of allylic oxidation sites excluding steroid dienone is 2. The Bertz CT molecular complexity index is 183. The van der Waals surface area contributed by atoms with E-state index in [9.17, 15) is 0 Å². The quantitative estimate of drug-likeness (QED) is 0.583. The molecule has 1 heterocycles. The first-order valence-corrected chi connectivity index (χ1v) is 4.10. The summed E-state index contributed by atoms with van der Waals surface area (Å²) in [6.07, 6.45) is 5.67. The normalized spacial score (nSPS) is 13.8. The second kappa shape index (κ2) is 5.92. The summed E-state index contributed by atoms with van der Waals surface area (Å²) in [5, 5.41) is 3.00. The number of nitrogens with one attached hydrogen (secondary N) is 1. The fourth-order valence-electron chi connectivity index (χ4n) is 0.629. The lowest BCUT2D eigenvalue weighted by molar-refractivity contribution is 0.950. The smallest absolute Gasteiger partial charge is 0.101 e. The zero-order valence-corrected chi connectivity index (χ0v) is 7.74. The summed E-state index contributed by atoms with van der Waals surface area (Å²) in [4.78, 5) is 0.479. The Morgan fingerprint density at radius 1 is 1.64 bits per heavy atom. The van der Waals surface area contributed by atoms with Crippen LogP contribution >= 0.6 is 12.2 Å². The van der Waals surface area contributed by atoms with Crippen LogP contribution < -0.4 is 11.1 Å². The average Bonchev–Trinajstić information content (AvgIpc) is 2.10. The van der Waals surface area contributed by atoms with Gasteiger partial charge in [0.2, 0.25) is 0 Å². The molecule has 0 aliphatic carbocycles. The molecule has 0 saturated carbocycles. The summed E-state index contributed by atoms with van der Waals surface area (Å²) in [5.74, 6) is 0. The summed E-state index contributed by atoms with van der Waals surface area (Å²) in [6.45, 7) is 4.76. The third-order valence-corrected chi connectivity index (χ3v) is 1.38. The van der Waals surface area contributed by atoms with E-state index in [1.165, 1.54) is 0 Å². The van der Waals surface area contributed by atoms with E-state index < -0.39 is 0 Å². The Morgan fingerprint density at radius 3 is 2.55 bits per heavy atom. The molecule has 0 amide bonds. The maximum atomic E-state index is 5.36. The van der Waals surface area contributed by atoms with Gasteiger partial charge in [0.15, 0.2) is 0 Å². The van der Waals surface area contributed by atoms with Crippen molar-refractivity contribution in [1.82, 2.24) is 5.32 Å². The SMILES string of the molecule is CC.NC(=S)C1=CC=CNC1. The molecule has 0 aromatic heterocycles. The summed E-state index contributed by atoms with van der Waals surface area (Å²) < 4.78 is 0. The summed E-state index contributed by atoms with van der Waals surface area (Å²) in [7, 11) is 0. The van der Waals surface area contributed by atoms with E-state index in [4.69, 9.17) is 18.0 Å². The molecule has 0 aromatic carbocycles. The van der Waals surface area contributed by atoms with Crippen molar-refractivity contribution in [1.29, 1.82) is 0 Å². The number of thiocarbonyl (C=S) groups is 1. The second-order valence-corrected chi connectivity index (χ2v) is 2.24. The van der Waals surface area contributed by atoms with Crippen LogP contribution in [-0.2, 0) is 0 Å². The molecule has 1 aliphatic rings. The van der Waals surface area contributed by atoms with Crippen molar-refractivity contribution in [2.24, 2.45) is 5.73 Å². The van der Waals surface area contributed by atoms with Crippen molar-refractivity contribution < 1.29 is 0 Å². The molecular weight excluding hydrogens is 156 g/mol. The first-order valence-electron chi connectivity index (χ1n) is 3.69. The molecule has 0 spiro atoms. The molecule has 0 aromatic rings. The van der Waals surface area contributed by atoms with Gasteiger partial charge in [-0.3, -0.25) is 0 Å². The highest BCUT2D eigenvalue weighted by Gasteiger charge is 1.99. The Labute approximate surface area is 73.2 Å². The fraction of sp³-hybridized carbons (Fsp3) is 0.375. The standard InChI is InChI=1S/C6H8N2S.C2H6/c7-6(9)5-2-1-3-8-4-5;1-2/h1-3,8H,4H2,(H2,7,9);1-2H3. The first-order chi connectivity index (χ1) is 5.30. The van der Waals surface area contributed by atoms with E-state index in [0.29, 0.717) is 4.99 Å². The number of nitrogens with two attached hydrogens (primary N) is 1. The third kappa shape index (κ3) is 3.78. The fourth-order valence-corrected chi connectivity index (χ4v) is 0.770. The summed E-state index contributed by atoms with van der Waals surface area (Å²) in [5.41, 5.74) is 6.35. The van der Waals surface area contributed by atoms with Crippen molar-refractivity contribution in [3.05, 3.63) is 23.9 Å².